The third-order valence-corrected chi connectivity index (χ3v) is 5.39. The van der Waals surface area contributed by atoms with Gasteiger partial charge in [-0.3, -0.25) is 4.79 Å². The molecule has 4 aromatic rings. The summed E-state index contributed by atoms with van der Waals surface area (Å²) in [5.41, 5.74) is 7.91. The van der Waals surface area contributed by atoms with Crippen molar-refractivity contribution in [2.24, 2.45) is 0 Å². The number of nitrogen functional groups attached to an aromatic ring is 1. The lowest BCUT2D eigenvalue weighted by molar-refractivity contribution is -0.119. The number of nitrogens with two attached hydrogens (primary N) is 1. The molecule has 3 aromatic heterocycles. The molecule has 0 spiro atoms. The molecule has 0 saturated carbocycles. The Morgan fingerprint density at radius 3 is 2.74 bits per heavy atom. The molecule has 156 valence electrons. The molecule has 0 bridgehead atoms. The van der Waals surface area contributed by atoms with E-state index >= 15 is 0 Å². The summed E-state index contributed by atoms with van der Waals surface area (Å²) in [7, 11) is 0. The normalized spacial score (nSPS) is 14.6. The number of benzene rings is 1. The van der Waals surface area contributed by atoms with E-state index in [-0.39, 0.29) is 24.0 Å². The van der Waals surface area contributed by atoms with Crippen molar-refractivity contribution in [3.8, 4) is 11.5 Å². The fraction of sp³-hybridized carbons (Fsp3) is 0.190. The fourth-order valence-electron chi connectivity index (χ4n) is 3.74. The Balaban J connectivity index is 1.62. The van der Waals surface area contributed by atoms with E-state index in [1.165, 1.54) is 6.07 Å². The van der Waals surface area contributed by atoms with Crippen LogP contribution in [-0.2, 0) is 16.6 Å². The lowest BCUT2D eigenvalue weighted by Gasteiger charge is -2.16. The number of aromatic nitrogens is 5. The van der Waals surface area contributed by atoms with Crippen molar-refractivity contribution in [1.29, 1.82) is 0 Å². The minimum atomic E-state index is -0.930. The molecule has 1 amide bonds. The highest BCUT2D eigenvalue weighted by Gasteiger charge is 2.42. The van der Waals surface area contributed by atoms with Crippen LogP contribution in [0.2, 0.25) is 0 Å². The number of rotatable bonds is 3. The quantitative estimate of drug-likeness (QED) is 0.526. The highest BCUT2D eigenvalue weighted by molar-refractivity contribution is 6.06. The number of halogens is 2. The first-order chi connectivity index (χ1) is 14.7. The summed E-state index contributed by atoms with van der Waals surface area (Å²) >= 11 is 0. The molecule has 31 heavy (non-hydrogen) atoms. The van der Waals surface area contributed by atoms with Crippen molar-refractivity contribution in [1.82, 2.24) is 24.3 Å². The summed E-state index contributed by atoms with van der Waals surface area (Å²) in [6.45, 7) is 3.51. The molecule has 0 fully saturated rings. The number of nitrogens with one attached hydrogen (secondary N) is 1. The number of nitrogens with zero attached hydrogens (tertiary/aromatic N) is 5. The number of imidazole rings is 1. The predicted octanol–water partition coefficient (Wildman–Crippen LogP) is 2.87. The molecule has 8 nitrogen and oxygen atoms in total. The van der Waals surface area contributed by atoms with Crippen LogP contribution in [0.4, 0.5) is 20.4 Å². The van der Waals surface area contributed by atoms with Crippen LogP contribution >= 0.6 is 0 Å². The second kappa shape index (κ2) is 6.53. The number of amides is 1. The third kappa shape index (κ3) is 2.98. The molecule has 0 atom stereocenters. The number of hydrogen-bond donors (Lipinski definition) is 2. The van der Waals surface area contributed by atoms with E-state index in [4.69, 9.17) is 5.73 Å². The van der Waals surface area contributed by atoms with Gasteiger partial charge in [0.25, 0.3) is 0 Å². The Morgan fingerprint density at radius 1 is 1.16 bits per heavy atom. The maximum Gasteiger partial charge on any atom is 0.235 e. The van der Waals surface area contributed by atoms with Crippen LogP contribution in [0.15, 0.2) is 36.8 Å². The fourth-order valence-corrected chi connectivity index (χ4v) is 3.74. The molecule has 5 rings (SSSR count). The lowest BCUT2D eigenvalue weighted by Crippen LogP contribution is -2.27. The Labute approximate surface area is 175 Å². The molecule has 1 aliphatic heterocycles. The molecule has 0 unspecified atom stereocenters. The zero-order valence-electron chi connectivity index (χ0n) is 16.6. The van der Waals surface area contributed by atoms with Crippen LogP contribution in [0.5, 0.6) is 0 Å². The number of anilines is 2. The van der Waals surface area contributed by atoms with E-state index in [9.17, 15) is 13.6 Å². The van der Waals surface area contributed by atoms with E-state index in [1.807, 2.05) is 0 Å². The van der Waals surface area contributed by atoms with Crippen molar-refractivity contribution >= 4 is 23.2 Å². The minimum absolute atomic E-state index is 0.193. The second-order valence-electron chi connectivity index (χ2n) is 7.89. The van der Waals surface area contributed by atoms with E-state index in [0.29, 0.717) is 34.0 Å². The third-order valence-electron chi connectivity index (χ3n) is 5.39. The van der Waals surface area contributed by atoms with E-state index in [1.54, 1.807) is 36.8 Å². The van der Waals surface area contributed by atoms with Crippen molar-refractivity contribution in [2.45, 2.75) is 25.7 Å². The van der Waals surface area contributed by atoms with Gasteiger partial charge in [-0.15, -0.1) is 0 Å². The smallest absolute Gasteiger partial charge is 0.235 e. The Kier molecular flexibility index (Phi) is 4.01. The summed E-state index contributed by atoms with van der Waals surface area (Å²) in [5, 5.41) is 2.74. The molecule has 0 radical (unpaired) electrons. The molecule has 10 heteroatoms. The van der Waals surface area contributed by atoms with E-state index in [0.717, 1.165) is 12.1 Å². The molecular formula is C21H17F2N7O. The van der Waals surface area contributed by atoms with Crippen LogP contribution < -0.4 is 11.1 Å². The van der Waals surface area contributed by atoms with E-state index < -0.39 is 17.0 Å². The lowest BCUT2D eigenvalue weighted by atomic mass is 9.87. The SMILES string of the molecule is CC1(C)C(=O)Nc2nc(-c3cn4ccnc4c(Cc4ccc(F)c(F)c4)n3)nc(N)c21. The average molecular weight is 421 g/mol. The molecule has 1 aromatic carbocycles. The van der Waals surface area contributed by atoms with Gasteiger partial charge in [-0.2, -0.15) is 0 Å². The number of carbonyl (C=O) groups excluding carboxylic acids is 1. The van der Waals surface area contributed by atoms with Gasteiger partial charge in [-0.25, -0.2) is 28.7 Å². The Morgan fingerprint density at radius 2 is 1.97 bits per heavy atom. The first-order valence-electron chi connectivity index (χ1n) is 9.50. The average Bonchev–Trinajstić information content (AvgIpc) is 3.27. The van der Waals surface area contributed by atoms with Gasteiger partial charge in [-0.1, -0.05) is 6.07 Å². The zero-order chi connectivity index (χ0) is 21.9. The molecule has 3 N–H and O–H groups in total. The second-order valence-corrected chi connectivity index (χ2v) is 7.89. The van der Waals surface area contributed by atoms with Crippen molar-refractivity contribution in [2.75, 3.05) is 11.1 Å². The van der Waals surface area contributed by atoms with Gasteiger partial charge in [0.05, 0.1) is 16.7 Å². The summed E-state index contributed by atoms with van der Waals surface area (Å²) in [6.07, 6.45) is 5.25. The number of hydrogen-bond acceptors (Lipinski definition) is 6. The van der Waals surface area contributed by atoms with Crippen LogP contribution in [0, 0.1) is 11.6 Å². The summed E-state index contributed by atoms with van der Waals surface area (Å²) in [6, 6.07) is 3.70. The van der Waals surface area contributed by atoms with Gasteiger partial charge in [0.15, 0.2) is 23.1 Å². The Bertz CT molecular complexity index is 1380. The first-order valence-corrected chi connectivity index (χ1v) is 9.50. The van der Waals surface area contributed by atoms with Gasteiger partial charge >= 0.3 is 0 Å². The standard InChI is InChI=1S/C21H17F2N7O/c1-21(2)15-16(24)27-17(28-18(15)29-20(21)31)14-9-30-6-5-25-19(30)13(26-14)8-10-3-4-11(22)12(23)7-10/h3-7,9H,8H2,1-2H3,(H3,24,27,28,29,31). The van der Waals surface area contributed by atoms with Crippen LogP contribution in [0.3, 0.4) is 0 Å². The molecular weight excluding hydrogens is 404 g/mol. The molecule has 4 heterocycles. The zero-order valence-corrected chi connectivity index (χ0v) is 16.6. The van der Waals surface area contributed by atoms with Crippen LogP contribution in [-0.4, -0.2) is 30.2 Å². The van der Waals surface area contributed by atoms with Gasteiger partial charge in [-0.05, 0) is 31.5 Å². The van der Waals surface area contributed by atoms with Crippen molar-refractivity contribution in [3.63, 3.8) is 0 Å². The van der Waals surface area contributed by atoms with Gasteiger partial charge in [0.2, 0.25) is 5.91 Å². The predicted molar refractivity (Wildman–Crippen MR) is 109 cm³/mol. The van der Waals surface area contributed by atoms with E-state index in [2.05, 4.69) is 25.3 Å². The van der Waals surface area contributed by atoms with Crippen molar-refractivity contribution < 1.29 is 13.6 Å². The Hall–Kier alpha value is -3.95. The maximum absolute atomic E-state index is 13.7. The van der Waals surface area contributed by atoms with Gasteiger partial charge < -0.3 is 15.5 Å². The monoisotopic (exact) mass is 421 g/mol. The molecule has 1 aliphatic rings. The van der Waals surface area contributed by atoms with Crippen LogP contribution in [0.25, 0.3) is 17.2 Å². The first kappa shape index (κ1) is 19.0. The van der Waals surface area contributed by atoms with Crippen molar-refractivity contribution in [3.05, 3.63) is 65.2 Å². The maximum atomic E-state index is 13.7. The number of fused-ring (bicyclic) bond motifs is 2. The van der Waals surface area contributed by atoms with Crippen LogP contribution in [0.1, 0.15) is 30.7 Å². The number of carbonyl (C=O) groups is 1. The topological polar surface area (TPSA) is 111 Å². The summed E-state index contributed by atoms with van der Waals surface area (Å²) in [4.78, 5) is 30.1. The van der Waals surface area contributed by atoms with Gasteiger partial charge in [0.1, 0.15) is 17.3 Å². The molecule has 0 saturated heterocycles. The summed E-state index contributed by atoms with van der Waals surface area (Å²) in [5.74, 6) is -1.27. The largest absolute Gasteiger partial charge is 0.383 e. The minimum Gasteiger partial charge on any atom is -0.383 e. The molecule has 0 aliphatic carbocycles. The highest BCUT2D eigenvalue weighted by atomic mass is 19.2. The highest BCUT2D eigenvalue weighted by Crippen LogP contribution is 2.40. The van der Waals surface area contributed by atoms with Gasteiger partial charge in [0, 0.05) is 25.0 Å². The summed E-state index contributed by atoms with van der Waals surface area (Å²) < 4.78 is 28.7.